The van der Waals surface area contributed by atoms with Crippen LogP contribution in [-0.2, 0) is 5.54 Å². The van der Waals surface area contributed by atoms with Gasteiger partial charge in [-0.05, 0) is 19.9 Å². The smallest absolute Gasteiger partial charge is 0.142 e. The fourth-order valence-corrected chi connectivity index (χ4v) is 1.73. The fourth-order valence-electron chi connectivity index (χ4n) is 1.73. The predicted octanol–water partition coefficient (Wildman–Crippen LogP) is 1.96. The molecule has 0 spiro atoms. The van der Waals surface area contributed by atoms with E-state index in [1.54, 1.807) is 14.2 Å². The van der Waals surface area contributed by atoms with Crippen LogP contribution in [0.4, 0.5) is 5.69 Å². The lowest BCUT2D eigenvalue weighted by atomic mass is 9.94. The minimum Gasteiger partial charge on any atom is -0.496 e. The number of nitrogens with zero attached hydrogens (tertiary/aromatic N) is 1. The third-order valence-electron chi connectivity index (χ3n) is 2.68. The van der Waals surface area contributed by atoms with Gasteiger partial charge < -0.3 is 20.1 Å². The number of methoxy groups -OCH3 is 2. The van der Waals surface area contributed by atoms with Crippen LogP contribution in [0.2, 0.25) is 0 Å². The van der Waals surface area contributed by atoms with Gasteiger partial charge in [-0.2, -0.15) is 0 Å². The summed E-state index contributed by atoms with van der Waals surface area (Å²) in [7, 11) is 7.23. The molecule has 0 aliphatic heterocycles. The third kappa shape index (κ3) is 2.82. The summed E-state index contributed by atoms with van der Waals surface area (Å²) in [6, 6.07) is 3.89. The Morgan fingerprint density at radius 1 is 1.06 bits per heavy atom. The normalized spacial score (nSPS) is 11.2. The van der Waals surface area contributed by atoms with Crippen LogP contribution in [-0.4, -0.2) is 28.3 Å². The van der Waals surface area contributed by atoms with Gasteiger partial charge in [-0.25, -0.2) is 0 Å². The quantitative estimate of drug-likeness (QED) is 0.871. The van der Waals surface area contributed by atoms with Crippen molar-refractivity contribution < 1.29 is 9.47 Å². The lowest BCUT2D eigenvalue weighted by Gasteiger charge is -2.25. The van der Waals surface area contributed by atoms with Crippen molar-refractivity contribution in [1.82, 2.24) is 0 Å². The summed E-state index contributed by atoms with van der Waals surface area (Å²) in [5.74, 6) is 1.58. The van der Waals surface area contributed by atoms with E-state index in [-0.39, 0.29) is 0 Å². The maximum absolute atomic E-state index is 6.13. The second kappa shape index (κ2) is 4.84. The molecule has 0 radical (unpaired) electrons. The van der Waals surface area contributed by atoms with Crippen LogP contribution in [0.25, 0.3) is 0 Å². The van der Waals surface area contributed by atoms with Crippen LogP contribution < -0.4 is 20.1 Å². The molecule has 96 valence electrons. The average molecular weight is 238 g/mol. The molecule has 1 aromatic rings. The van der Waals surface area contributed by atoms with E-state index in [1.165, 1.54) is 0 Å². The molecular formula is C13H22N2O2. The molecule has 17 heavy (non-hydrogen) atoms. The van der Waals surface area contributed by atoms with Gasteiger partial charge in [0.15, 0.2) is 0 Å². The summed E-state index contributed by atoms with van der Waals surface area (Å²) in [6.45, 7) is 3.89. The molecule has 0 aliphatic rings. The number of anilines is 1. The first kappa shape index (κ1) is 13.6. The van der Waals surface area contributed by atoms with E-state index >= 15 is 0 Å². The first-order valence-corrected chi connectivity index (χ1v) is 5.54. The molecule has 0 amide bonds. The number of rotatable bonds is 4. The second-order valence-corrected chi connectivity index (χ2v) is 4.84. The Morgan fingerprint density at radius 3 is 1.94 bits per heavy atom. The molecule has 0 aromatic heterocycles. The lowest BCUT2D eigenvalue weighted by molar-refractivity contribution is 0.385. The van der Waals surface area contributed by atoms with Crippen molar-refractivity contribution in [3.05, 3.63) is 17.7 Å². The SMILES string of the molecule is COc1cc(C(C)(C)N)c(OC)cc1N(C)C. The van der Waals surface area contributed by atoms with Gasteiger partial charge in [0.2, 0.25) is 0 Å². The lowest BCUT2D eigenvalue weighted by Crippen LogP contribution is -2.29. The molecule has 1 aromatic carbocycles. The molecule has 1 rings (SSSR count). The summed E-state index contributed by atoms with van der Waals surface area (Å²) in [4.78, 5) is 1.98. The number of nitrogens with two attached hydrogens (primary N) is 1. The Kier molecular flexibility index (Phi) is 3.88. The van der Waals surface area contributed by atoms with Crippen LogP contribution in [0.1, 0.15) is 19.4 Å². The van der Waals surface area contributed by atoms with Crippen molar-refractivity contribution in [3.63, 3.8) is 0 Å². The van der Waals surface area contributed by atoms with Crippen LogP contribution in [0, 0.1) is 0 Å². The fraction of sp³-hybridized carbons (Fsp3) is 0.538. The van der Waals surface area contributed by atoms with Crippen LogP contribution in [0.15, 0.2) is 12.1 Å². The highest BCUT2D eigenvalue weighted by molar-refractivity contribution is 5.64. The molecule has 0 saturated carbocycles. The van der Waals surface area contributed by atoms with Gasteiger partial charge in [0.1, 0.15) is 11.5 Å². The molecule has 2 N–H and O–H groups in total. The van der Waals surface area contributed by atoms with E-state index in [0.29, 0.717) is 0 Å². The summed E-state index contributed by atoms with van der Waals surface area (Å²) in [5, 5.41) is 0. The Bertz CT molecular complexity index is 395. The average Bonchev–Trinajstić information content (AvgIpc) is 2.25. The minimum atomic E-state index is -0.469. The summed E-state index contributed by atoms with van der Waals surface area (Å²) in [6.07, 6.45) is 0. The molecule has 4 heteroatoms. The van der Waals surface area contributed by atoms with E-state index in [0.717, 1.165) is 22.7 Å². The van der Waals surface area contributed by atoms with Crippen LogP contribution in [0.3, 0.4) is 0 Å². The van der Waals surface area contributed by atoms with E-state index in [1.807, 2.05) is 45.0 Å². The molecule has 0 bridgehead atoms. The van der Waals surface area contributed by atoms with Crippen molar-refractivity contribution in [2.75, 3.05) is 33.2 Å². The molecule has 0 aliphatic carbocycles. The standard InChI is InChI=1S/C13H22N2O2/c1-13(2,14)9-7-12(17-6)10(15(3)4)8-11(9)16-5/h7-8H,14H2,1-6H3. The molecular weight excluding hydrogens is 216 g/mol. The Hall–Kier alpha value is -1.42. The van der Waals surface area contributed by atoms with E-state index in [2.05, 4.69) is 0 Å². The summed E-state index contributed by atoms with van der Waals surface area (Å²) in [5.41, 5.74) is 7.57. The Morgan fingerprint density at radius 2 is 1.59 bits per heavy atom. The Labute approximate surface area is 103 Å². The van der Waals surface area contributed by atoms with Crippen molar-refractivity contribution in [1.29, 1.82) is 0 Å². The maximum Gasteiger partial charge on any atom is 0.142 e. The van der Waals surface area contributed by atoms with Crippen molar-refractivity contribution >= 4 is 5.69 Å². The maximum atomic E-state index is 6.13. The molecule has 4 nitrogen and oxygen atoms in total. The third-order valence-corrected chi connectivity index (χ3v) is 2.68. The molecule has 0 heterocycles. The number of ether oxygens (including phenoxy) is 2. The zero-order valence-corrected chi connectivity index (χ0v) is 11.5. The number of benzene rings is 1. The van der Waals surface area contributed by atoms with E-state index in [9.17, 15) is 0 Å². The predicted molar refractivity (Wildman–Crippen MR) is 71.1 cm³/mol. The minimum absolute atomic E-state index is 0.469. The topological polar surface area (TPSA) is 47.7 Å². The van der Waals surface area contributed by atoms with Gasteiger partial charge in [-0.15, -0.1) is 0 Å². The van der Waals surface area contributed by atoms with E-state index in [4.69, 9.17) is 15.2 Å². The van der Waals surface area contributed by atoms with Crippen LogP contribution >= 0.6 is 0 Å². The molecule has 0 fully saturated rings. The zero-order chi connectivity index (χ0) is 13.2. The first-order chi connectivity index (χ1) is 7.81. The molecule has 0 unspecified atom stereocenters. The van der Waals surface area contributed by atoms with Gasteiger partial charge in [0, 0.05) is 31.3 Å². The zero-order valence-electron chi connectivity index (χ0n) is 11.5. The van der Waals surface area contributed by atoms with Gasteiger partial charge >= 0.3 is 0 Å². The van der Waals surface area contributed by atoms with Gasteiger partial charge in [-0.1, -0.05) is 0 Å². The molecule has 0 atom stereocenters. The highest BCUT2D eigenvalue weighted by Crippen LogP contribution is 2.38. The largest absolute Gasteiger partial charge is 0.496 e. The summed E-state index contributed by atoms with van der Waals surface area (Å²) < 4.78 is 10.8. The van der Waals surface area contributed by atoms with Gasteiger partial charge in [-0.3, -0.25) is 0 Å². The Balaban J connectivity index is 3.44. The monoisotopic (exact) mass is 238 g/mol. The first-order valence-electron chi connectivity index (χ1n) is 5.54. The number of hydrogen-bond donors (Lipinski definition) is 1. The van der Waals surface area contributed by atoms with Crippen molar-refractivity contribution in [2.45, 2.75) is 19.4 Å². The number of hydrogen-bond acceptors (Lipinski definition) is 4. The second-order valence-electron chi connectivity index (χ2n) is 4.84. The van der Waals surface area contributed by atoms with Gasteiger partial charge in [0.05, 0.1) is 19.9 Å². The van der Waals surface area contributed by atoms with Gasteiger partial charge in [0.25, 0.3) is 0 Å². The molecule has 0 saturated heterocycles. The van der Waals surface area contributed by atoms with E-state index < -0.39 is 5.54 Å². The highest BCUT2D eigenvalue weighted by atomic mass is 16.5. The van der Waals surface area contributed by atoms with Crippen molar-refractivity contribution in [3.8, 4) is 11.5 Å². The van der Waals surface area contributed by atoms with Crippen LogP contribution in [0.5, 0.6) is 11.5 Å². The van der Waals surface area contributed by atoms with Crippen molar-refractivity contribution in [2.24, 2.45) is 5.73 Å². The highest BCUT2D eigenvalue weighted by Gasteiger charge is 2.22. The summed E-state index contributed by atoms with van der Waals surface area (Å²) >= 11 is 0.